The molecule has 0 unspecified atom stereocenters. The molecule has 520 valence electrons. The summed E-state index contributed by atoms with van der Waals surface area (Å²) in [6.07, 6.45) is 3.48. The second-order valence-corrected chi connectivity index (χ2v) is 26.8. The Kier molecular flexibility index (Phi) is 34.3. The maximum atomic E-state index is 12.8. The minimum Gasteiger partial charge on any atom is -0.487 e. The van der Waals surface area contributed by atoms with Crippen molar-refractivity contribution in [3.63, 3.8) is 0 Å². The molecule has 1 aromatic heterocycles. The molecule has 0 aliphatic carbocycles. The second-order valence-electron chi connectivity index (χ2n) is 25.1. The van der Waals surface area contributed by atoms with E-state index in [-0.39, 0.29) is 25.2 Å². The fourth-order valence-electron chi connectivity index (χ4n) is 11.4. The Morgan fingerprint density at radius 1 is 0.674 bits per heavy atom. The van der Waals surface area contributed by atoms with Gasteiger partial charge in [0.05, 0.1) is 96.4 Å². The van der Waals surface area contributed by atoms with E-state index in [0.29, 0.717) is 101 Å². The molecule has 1 amide bonds. The highest BCUT2D eigenvalue weighted by Gasteiger charge is 2.28. The Hall–Kier alpha value is -5.43. The van der Waals surface area contributed by atoms with E-state index in [2.05, 4.69) is 101 Å². The Morgan fingerprint density at radius 2 is 1.24 bits per heavy atom. The van der Waals surface area contributed by atoms with Gasteiger partial charge in [-0.05, 0) is 121 Å². The molecule has 23 heteroatoms. The number of rotatable bonds is 39. The standard InChI is InChI=1S/C50H67Cl2N9O6.C22H35Cl2N3O/c1-58(25-27-63-29-31-65-33-34-66-32-30-64-28-26-61(54)35-44(53)38-67-45-17-7-39(37-62)8-18-45)20-4-19-55-50-46-5-2-3-6-47(46)56-48(57-50)36-59-21-23-60(24-22-59)49(40-9-13-42(51)14-10-40)41-11-15-43(52)16-12-41;1-17(2)14-26(15-18(3)4)16-22(28)27-11-9-25(10-12-27)8-7-19-5-6-20(23)13-21(19)24/h2-3,5-18,35,49,62H,4,19-34,36-38,53-54H2,1H3,(H,55,56,57);5-6,13,17-18H,7-12,14-16H2,1-4H3/b44-35-;. The number of aliphatic hydroxyl groups excluding tert-OH is 1. The molecule has 6 aromatic rings. The lowest BCUT2D eigenvalue weighted by Gasteiger charge is -2.39. The summed E-state index contributed by atoms with van der Waals surface area (Å²) in [6, 6.07) is 37.5. The van der Waals surface area contributed by atoms with Crippen molar-refractivity contribution < 1.29 is 33.6 Å². The number of piperazine rings is 2. The number of likely N-dealkylation sites (N-methyl/N-ethyl adjacent to an activating group) is 1. The number of nitrogens with two attached hydrogens (primary N) is 2. The minimum absolute atomic E-state index is 0.0117. The predicted molar refractivity (Wildman–Crippen MR) is 385 cm³/mol. The van der Waals surface area contributed by atoms with Crippen molar-refractivity contribution in [2.24, 2.45) is 23.4 Å². The van der Waals surface area contributed by atoms with Crippen LogP contribution in [-0.2, 0) is 43.3 Å². The summed E-state index contributed by atoms with van der Waals surface area (Å²) in [7, 11) is 2.12. The van der Waals surface area contributed by atoms with Crippen LogP contribution in [0.5, 0.6) is 5.75 Å². The maximum Gasteiger partial charge on any atom is 0.236 e. The van der Waals surface area contributed by atoms with Gasteiger partial charge in [0.1, 0.15) is 24.0 Å². The monoisotopic (exact) mass is 1390 g/mol. The number of aromatic nitrogens is 2. The molecule has 0 radical (unpaired) electrons. The molecular formula is C72H102Cl4N12O7. The van der Waals surface area contributed by atoms with Crippen molar-refractivity contribution in [3.05, 3.63) is 175 Å². The van der Waals surface area contributed by atoms with Crippen LogP contribution in [0.3, 0.4) is 0 Å². The molecule has 95 heavy (non-hydrogen) atoms. The Balaban J connectivity index is 0.000000379. The number of nitrogens with zero attached hydrogens (tertiary/aromatic N) is 9. The summed E-state index contributed by atoms with van der Waals surface area (Å²) in [5.74, 6) is 9.77. The summed E-state index contributed by atoms with van der Waals surface area (Å²) >= 11 is 24.8. The van der Waals surface area contributed by atoms with Gasteiger partial charge in [-0.3, -0.25) is 24.4 Å². The lowest BCUT2D eigenvalue weighted by Crippen LogP contribution is -2.52. The quantitative estimate of drug-likeness (QED) is 0.0161. The van der Waals surface area contributed by atoms with Crippen molar-refractivity contribution in [3.8, 4) is 5.75 Å². The third kappa shape index (κ3) is 28.5. The third-order valence-corrected chi connectivity index (χ3v) is 17.4. The van der Waals surface area contributed by atoms with Gasteiger partial charge in [-0.1, -0.05) is 129 Å². The first kappa shape index (κ1) is 76.9. The van der Waals surface area contributed by atoms with Gasteiger partial charge in [0, 0.05) is 117 Å². The van der Waals surface area contributed by atoms with Crippen LogP contribution in [0.25, 0.3) is 10.9 Å². The van der Waals surface area contributed by atoms with Crippen LogP contribution < -0.4 is 21.6 Å². The number of hydrogen-bond donors (Lipinski definition) is 4. The van der Waals surface area contributed by atoms with E-state index >= 15 is 0 Å². The van der Waals surface area contributed by atoms with Crippen LogP contribution in [0.4, 0.5) is 5.82 Å². The van der Waals surface area contributed by atoms with Crippen LogP contribution in [0.2, 0.25) is 20.1 Å². The average molecular weight is 1390 g/mol. The number of para-hydroxylation sites is 1. The third-order valence-electron chi connectivity index (χ3n) is 16.3. The van der Waals surface area contributed by atoms with E-state index < -0.39 is 0 Å². The molecule has 0 atom stereocenters. The van der Waals surface area contributed by atoms with Gasteiger partial charge in [-0.2, -0.15) is 0 Å². The van der Waals surface area contributed by atoms with Gasteiger partial charge >= 0.3 is 0 Å². The number of ether oxygens (including phenoxy) is 5. The molecule has 2 saturated heterocycles. The summed E-state index contributed by atoms with van der Waals surface area (Å²) in [4.78, 5) is 36.8. The molecule has 2 fully saturated rings. The van der Waals surface area contributed by atoms with Gasteiger partial charge in [0.2, 0.25) is 5.91 Å². The Bertz CT molecular complexity index is 3120. The molecule has 8 rings (SSSR count). The van der Waals surface area contributed by atoms with Crippen LogP contribution in [0.15, 0.2) is 127 Å². The molecule has 2 aliphatic rings. The summed E-state index contributed by atoms with van der Waals surface area (Å²) in [6.45, 7) is 27.3. The minimum atomic E-state index is -0.0117. The van der Waals surface area contributed by atoms with E-state index in [1.807, 2.05) is 53.4 Å². The number of hydrogen-bond acceptors (Lipinski definition) is 18. The van der Waals surface area contributed by atoms with Crippen molar-refractivity contribution in [1.29, 1.82) is 0 Å². The van der Waals surface area contributed by atoms with E-state index in [4.69, 9.17) is 96.7 Å². The lowest BCUT2D eigenvalue weighted by atomic mass is 9.96. The molecule has 3 heterocycles. The lowest BCUT2D eigenvalue weighted by molar-refractivity contribution is -0.134. The average Bonchev–Trinajstić information content (AvgIpc) is 0.844. The van der Waals surface area contributed by atoms with Crippen molar-refractivity contribution in [2.75, 3.05) is 177 Å². The number of anilines is 1. The van der Waals surface area contributed by atoms with E-state index in [1.165, 1.54) is 16.1 Å². The predicted octanol–water partition coefficient (Wildman–Crippen LogP) is 10.5. The molecular weight excluding hydrogens is 1290 g/mol. The smallest absolute Gasteiger partial charge is 0.236 e. The largest absolute Gasteiger partial charge is 0.487 e. The van der Waals surface area contributed by atoms with Gasteiger partial charge in [-0.25, -0.2) is 15.8 Å². The maximum absolute atomic E-state index is 12.8. The zero-order chi connectivity index (χ0) is 67.7. The Morgan fingerprint density at radius 3 is 1.83 bits per heavy atom. The number of hydrazine groups is 1. The number of nitrogens with one attached hydrogen (secondary N) is 1. The molecule has 0 spiro atoms. The molecule has 0 saturated carbocycles. The number of fused-ring (bicyclic) bond motifs is 1. The van der Waals surface area contributed by atoms with Crippen LogP contribution >= 0.6 is 46.4 Å². The molecule has 6 N–H and O–H groups in total. The van der Waals surface area contributed by atoms with Gasteiger partial charge < -0.3 is 54.7 Å². The van der Waals surface area contributed by atoms with Crippen molar-refractivity contribution in [1.82, 2.24) is 44.4 Å². The normalized spacial score (nSPS) is 14.4. The highest BCUT2D eigenvalue weighted by molar-refractivity contribution is 6.35. The highest BCUT2D eigenvalue weighted by Crippen LogP contribution is 2.32. The van der Waals surface area contributed by atoms with Crippen LogP contribution in [-0.4, -0.2) is 227 Å². The molecule has 5 aromatic carbocycles. The summed E-state index contributed by atoms with van der Waals surface area (Å²) in [5.41, 5.74) is 11.8. The zero-order valence-electron chi connectivity index (χ0n) is 56.4. The fraction of sp³-hybridized carbons (Fsp3) is 0.514. The fourth-order valence-corrected chi connectivity index (χ4v) is 12.1. The Labute approximate surface area is 584 Å². The van der Waals surface area contributed by atoms with E-state index in [9.17, 15) is 4.79 Å². The number of aliphatic hydroxyl groups is 1. The topological polar surface area (TPSA) is 196 Å². The molecule has 0 bridgehead atoms. The van der Waals surface area contributed by atoms with Crippen LogP contribution in [0.1, 0.15) is 68.2 Å². The van der Waals surface area contributed by atoms with Gasteiger partial charge in [0.15, 0.2) is 0 Å². The van der Waals surface area contributed by atoms with Crippen LogP contribution in [0, 0.1) is 11.8 Å². The summed E-state index contributed by atoms with van der Waals surface area (Å²) < 4.78 is 28.3. The highest BCUT2D eigenvalue weighted by atomic mass is 35.5. The SMILES string of the molecule is CC(C)CN(CC(=O)N1CCN(CCc2ccc(Cl)cc2Cl)CC1)CC(C)C.CN(CCCNc1nc(CN2CCN(C(c3ccc(Cl)cc3)c3ccc(Cl)cc3)CC2)nc2ccccc12)CCOCCOCCOCCOCCN(N)/C=C(\N)COc1ccc(CO)cc1. The van der Waals surface area contributed by atoms with Gasteiger partial charge in [-0.15, -0.1) is 0 Å². The first-order valence-electron chi connectivity index (χ1n) is 33.4. The molecule has 19 nitrogen and oxygen atoms in total. The first-order valence-corrected chi connectivity index (χ1v) is 34.9. The first-order chi connectivity index (χ1) is 46.0. The number of carbonyl (C=O) groups is 1. The number of halogens is 4. The van der Waals surface area contributed by atoms with E-state index in [1.54, 1.807) is 36.5 Å². The van der Waals surface area contributed by atoms with Gasteiger partial charge in [0.25, 0.3) is 0 Å². The van der Waals surface area contributed by atoms with E-state index in [0.717, 1.165) is 153 Å². The molecule has 2 aliphatic heterocycles. The zero-order valence-corrected chi connectivity index (χ0v) is 59.4. The van der Waals surface area contributed by atoms with Crippen molar-refractivity contribution in [2.45, 2.75) is 59.7 Å². The summed E-state index contributed by atoms with van der Waals surface area (Å²) in [5, 5.41) is 18.1. The number of amides is 1. The van der Waals surface area contributed by atoms with Crippen molar-refractivity contribution >= 4 is 69.0 Å². The number of carbonyl (C=O) groups excluding carboxylic acids is 1. The number of benzene rings is 5. The second kappa shape index (κ2) is 42.4.